The number of anilines is 1. The van der Waals surface area contributed by atoms with Crippen LogP contribution in [0, 0.1) is 0 Å². The number of carbonyl (C=O) groups is 1. The highest BCUT2D eigenvalue weighted by atomic mass is 35.5. The monoisotopic (exact) mass is 449 g/mol. The van der Waals surface area contributed by atoms with Crippen molar-refractivity contribution < 1.29 is 9.53 Å². The molecule has 0 spiro atoms. The summed E-state index contributed by atoms with van der Waals surface area (Å²) >= 11 is 7.75. The largest absolute Gasteiger partial charge is 0.482 e. The Balaban J connectivity index is 1.64. The SMILES string of the molecule is O=C1COc2ccc(-c3csc(=Nc4ccccc4Cl)n3N=Cc3ccc[nH]3)cc2N1. The summed E-state index contributed by atoms with van der Waals surface area (Å²) in [5.41, 5.74) is 3.84. The predicted molar refractivity (Wildman–Crippen MR) is 122 cm³/mol. The zero-order valence-corrected chi connectivity index (χ0v) is 17.7. The average Bonchev–Trinajstić information content (AvgIpc) is 3.43. The number of carbonyl (C=O) groups excluding carboxylic acids is 1. The minimum Gasteiger partial charge on any atom is -0.482 e. The molecule has 1 aliphatic heterocycles. The highest BCUT2D eigenvalue weighted by Gasteiger charge is 2.18. The molecule has 3 heterocycles. The van der Waals surface area contributed by atoms with Gasteiger partial charge in [0.1, 0.15) is 5.75 Å². The number of nitrogens with zero attached hydrogens (tertiary/aromatic N) is 3. The topological polar surface area (TPSA) is 83.8 Å². The second kappa shape index (κ2) is 8.25. The third-order valence-electron chi connectivity index (χ3n) is 4.60. The van der Waals surface area contributed by atoms with Crippen molar-refractivity contribution in [2.45, 2.75) is 0 Å². The summed E-state index contributed by atoms with van der Waals surface area (Å²) in [7, 11) is 0. The van der Waals surface area contributed by atoms with Gasteiger partial charge in [-0.25, -0.2) is 9.67 Å². The van der Waals surface area contributed by atoms with Crippen LogP contribution >= 0.6 is 22.9 Å². The van der Waals surface area contributed by atoms with Gasteiger partial charge in [-0.15, -0.1) is 11.3 Å². The van der Waals surface area contributed by atoms with E-state index < -0.39 is 0 Å². The van der Waals surface area contributed by atoms with Crippen molar-refractivity contribution in [1.82, 2.24) is 9.66 Å². The van der Waals surface area contributed by atoms with Gasteiger partial charge >= 0.3 is 0 Å². The van der Waals surface area contributed by atoms with Gasteiger partial charge in [0, 0.05) is 17.1 Å². The van der Waals surface area contributed by atoms with Crippen molar-refractivity contribution in [3.05, 3.63) is 81.7 Å². The van der Waals surface area contributed by atoms with E-state index in [1.165, 1.54) is 11.3 Å². The van der Waals surface area contributed by atoms with Gasteiger partial charge in [-0.3, -0.25) is 4.79 Å². The molecule has 1 aliphatic rings. The van der Waals surface area contributed by atoms with Gasteiger partial charge in [0.25, 0.3) is 5.91 Å². The van der Waals surface area contributed by atoms with Crippen molar-refractivity contribution in [3.8, 4) is 17.0 Å². The van der Waals surface area contributed by atoms with Crippen LogP contribution < -0.4 is 14.9 Å². The Morgan fingerprint density at radius 3 is 2.90 bits per heavy atom. The van der Waals surface area contributed by atoms with Crippen LogP contribution in [0.1, 0.15) is 5.69 Å². The zero-order chi connectivity index (χ0) is 21.2. The van der Waals surface area contributed by atoms with Gasteiger partial charge in [0.05, 0.1) is 34.0 Å². The summed E-state index contributed by atoms with van der Waals surface area (Å²) in [6.07, 6.45) is 3.56. The Labute approximate surface area is 186 Å². The number of hydrogen-bond acceptors (Lipinski definition) is 5. The van der Waals surface area contributed by atoms with Gasteiger partial charge in [0.2, 0.25) is 4.80 Å². The molecule has 9 heteroatoms. The van der Waals surface area contributed by atoms with E-state index >= 15 is 0 Å². The molecule has 0 bridgehead atoms. The Morgan fingerprint density at radius 1 is 1.16 bits per heavy atom. The Bertz CT molecular complexity index is 1350. The maximum Gasteiger partial charge on any atom is 0.262 e. The standard InChI is InChI=1S/C22H16ClN5O2S/c23-16-5-1-2-6-17(16)27-22-28(25-11-15-4-3-9-24-15)19(13-31-22)14-7-8-20-18(10-14)26-21(29)12-30-20/h1-11,13,24H,12H2,(H,26,29). The van der Waals surface area contributed by atoms with E-state index in [1.807, 2.05) is 60.1 Å². The fraction of sp³-hybridized carbons (Fsp3) is 0.0455. The van der Waals surface area contributed by atoms with Crippen molar-refractivity contribution in [1.29, 1.82) is 0 Å². The molecule has 2 aromatic carbocycles. The lowest BCUT2D eigenvalue weighted by molar-refractivity contribution is -0.118. The Kier molecular flexibility index (Phi) is 5.15. The molecule has 1 amide bonds. The molecule has 0 atom stereocenters. The molecular formula is C22H16ClN5O2S. The molecule has 4 aromatic rings. The van der Waals surface area contributed by atoms with Crippen LogP contribution in [-0.4, -0.2) is 28.4 Å². The van der Waals surface area contributed by atoms with E-state index in [4.69, 9.17) is 21.3 Å². The second-order valence-electron chi connectivity index (χ2n) is 6.70. The number of fused-ring (bicyclic) bond motifs is 1. The molecule has 0 radical (unpaired) electrons. The maximum absolute atomic E-state index is 11.7. The van der Waals surface area contributed by atoms with E-state index in [2.05, 4.69) is 15.4 Å². The van der Waals surface area contributed by atoms with Crippen molar-refractivity contribution in [2.75, 3.05) is 11.9 Å². The summed E-state index contributed by atoms with van der Waals surface area (Å²) in [4.78, 5) is 20.2. The second-order valence-corrected chi connectivity index (χ2v) is 7.94. The lowest BCUT2D eigenvalue weighted by atomic mass is 10.1. The molecule has 0 saturated heterocycles. The fourth-order valence-corrected chi connectivity index (χ4v) is 4.15. The van der Waals surface area contributed by atoms with Crippen LogP contribution in [0.4, 0.5) is 11.4 Å². The number of ether oxygens (including phenoxy) is 1. The molecule has 2 N–H and O–H groups in total. The molecule has 0 fully saturated rings. The first-order valence-electron chi connectivity index (χ1n) is 9.42. The fourth-order valence-electron chi connectivity index (χ4n) is 3.12. The van der Waals surface area contributed by atoms with E-state index in [0.717, 1.165) is 17.0 Å². The van der Waals surface area contributed by atoms with Crippen LogP contribution in [0.3, 0.4) is 0 Å². The molecule has 2 aromatic heterocycles. The number of halogens is 1. The molecule has 154 valence electrons. The van der Waals surface area contributed by atoms with Gasteiger partial charge in [0.15, 0.2) is 6.61 Å². The van der Waals surface area contributed by atoms with E-state index in [9.17, 15) is 4.79 Å². The third-order valence-corrected chi connectivity index (χ3v) is 5.73. The van der Waals surface area contributed by atoms with Crippen LogP contribution in [0.15, 0.2) is 76.3 Å². The number of amides is 1. The first-order chi connectivity index (χ1) is 15.2. The molecular weight excluding hydrogens is 434 g/mol. The molecule has 0 aliphatic carbocycles. The maximum atomic E-state index is 11.7. The number of aromatic amines is 1. The van der Waals surface area contributed by atoms with Gasteiger partial charge in [-0.05, 0) is 42.5 Å². The number of para-hydroxylation sites is 1. The number of H-pyrrole nitrogens is 1. The minimum atomic E-state index is -0.179. The lowest BCUT2D eigenvalue weighted by Gasteiger charge is -2.18. The number of aromatic nitrogens is 2. The third kappa shape index (κ3) is 4.03. The Morgan fingerprint density at radius 2 is 2.06 bits per heavy atom. The van der Waals surface area contributed by atoms with E-state index in [0.29, 0.717) is 26.9 Å². The van der Waals surface area contributed by atoms with Gasteiger partial charge in [-0.2, -0.15) is 5.10 Å². The van der Waals surface area contributed by atoms with Crippen LogP contribution in [-0.2, 0) is 4.79 Å². The molecule has 0 saturated carbocycles. The molecule has 31 heavy (non-hydrogen) atoms. The van der Waals surface area contributed by atoms with Crippen molar-refractivity contribution >= 4 is 46.4 Å². The lowest BCUT2D eigenvalue weighted by Crippen LogP contribution is -2.25. The summed E-state index contributed by atoms with van der Waals surface area (Å²) in [6, 6.07) is 16.9. The molecule has 0 unspecified atom stereocenters. The van der Waals surface area contributed by atoms with Crippen LogP contribution in [0.25, 0.3) is 11.3 Å². The van der Waals surface area contributed by atoms with E-state index in [1.54, 1.807) is 17.0 Å². The number of rotatable bonds is 4. The normalized spacial score (nSPS) is 13.8. The van der Waals surface area contributed by atoms with Crippen molar-refractivity contribution in [2.24, 2.45) is 10.1 Å². The molecule has 5 rings (SSSR count). The first-order valence-corrected chi connectivity index (χ1v) is 10.7. The summed E-state index contributed by atoms with van der Waals surface area (Å²) in [6.45, 7) is 0.0199. The molecule has 7 nitrogen and oxygen atoms in total. The van der Waals surface area contributed by atoms with E-state index in [-0.39, 0.29) is 12.5 Å². The average molecular weight is 450 g/mol. The number of hydrogen-bond donors (Lipinski definition) is 2. The Hall–Kier alpha value is -3.62. The quantitative estimate of drug-likeness (QED) is 0.445. The first kappa shape index (κ1) is 19.3. The minimum absolute atomic E-state index is 0.0199. The van der Waals surface area contributed by atoms with Gasteiger partial charge < -0.3 is 15.0 Å². The highest BCUT2D eigenvalue weighted by molar-refractivity contribution is 7.07. The number of thiazole rings is 1. The zero-order valence-electron chi connectivity index (χ0n) is 16.1. The number of nitrogens with one attached hydrogen (secondary N) is 2. The predicted octanol–water partition coefficient (Wildman–Crippen LogP) is 4.64. The smallest absolute Gasteiger partial charge is 0.262 e. The summed E-state index contributed by atoms with van der Waals surface area (Å²) < 4.78 is 7.22. The van der Waals surface area contributed by atoms with Crippen molar-refractivity contribution in [3.63, 3.8) is 0 Å². The van der Waals surface area contributed by atoms with Gasteiger partial charge in [-0.1, -0.05) is 23.7 Å². The highest BCUT2D eigenvalue weighted by Crippen LogP contribution is 2.33. The van der Waals surface area contributed by atoms with Crippen LogP contribution in [0.5, 0.6) is 5.75 Å². The number of benzene rings is 2. The summed E-state index contributed by atoms with van der Waals surface area (Å²) in [5.74, 6) is 0.461. The van der Waals surface area contributed by atoms with Crippen LogP contribution in [0.2, 0.25) is 5.02 Å². The summed E-state index contributed by atoms with van der Waals surface area (Å²) in [5, 5.41) is 10.0.